The summed E-state index contributed by atoms with van der Waals surface area (Å²) in [6, 6.07) is 5.55. The number of rotatable bonds is 2. The van der Waals surface area contributed by atoms with E-state index in [1.807, 2.05) is 18.2 Å². The van der Waals surface area contributed by atoms with Gasteiger partial charge in [0.05, 0.1) is 11.3 Å². The second-order valence-electron chi connectivity index (χ2n) is 2.17. The SMILES string of the molecule is N#Cc1ccc(C=CCS)nc1. The summed E-state index contributed by atoms with van der Waals surface area (Å²) in [6.07, 6.45) is 5.32. The van der Waals surface area contributed by atoms with Crippen molar-refractivity contribution in [1.29, 1.82) is 5.26 Å². The van der Waals surface area contributed by atoms with Gasteiger partial charge in [0.2, 0.25) is 0 Å². The van der Waals surface area contributed by atoms with Gasteiger partial charge in [-0.3, -0.25) is 4.98 Å². The maximum absolute atomic E-state index is 8.48. The molecule has 12 heavy (non-hydrogen) atoms. The van der Waals surface area contributed by atoms with E-state index in [0.29, 0.717) is 11.3 Å². The quantitative estimate of drug-likeness (QED) is 0.699. The molecule has 60 valence electrons. The highest BCUT2D eigenvalue weighted by Gasteiger charge is 1.89. The standard InChI is InChI=1S/C9H8N2S/c10-6-8-3-4-9(11-7-8)2-1-5-12/h1-4,7,12H,5H2. The lowest BCUT2D eigenvalue weighted by molar-refractivity contribution is 1.27. The Morgan fingerprint density at radius 2 is 2.42 bits per heavy atom. The van der Waals surface area contributed by atoms with Gasteiger partial charge in [-0.15, -0.1) is 0 Å². The minimum Gasteiger partial charge on any atom is -0.256 e. The molecular formula is C9H8N2S. The second-order valence-corrected chi connectivity index (χ2v) is 2.53. The van der Waals surface area contributed by atoms with Crippen molar-refractivity contribution >= 4 is 18.7 Å². The van der Waals surface area contributed by atoms with Crippen LogP contribution in [0.1, 0.15) is 11.3 Å². The molecule has 0 spiro atoms. The molecule has 0 unspecified atom stereocenters. The van der Waals surface area contributed by atoms with Gasteiger partial charge in [0.15, 0.2) is 0 Å². The number of hydrogen-bond acceptors (Lipinski definition) is 3. The Morgan fingerprint density at radius 3 is 2.92 bits per heavy atom. The summed E-state index contributed by atoms with van der Waals surface area (Å²) in [5.74, 6) is 0.696. The fraction of sp³-hybridized carbons (Fsp3) is 0.111. The van der Waals surface area contributed by atoms with Crippen LogP contribution in [-0.2, 0) is 0 Å². The fourth-order valence-electron chi connectivity index (χ4n) is 0.743. The average Bonchev–Trinajstić information content (AvgIpc) is 2.15. The van der Waals surface area contributed by atoms with E-state index in [-0.39, 0.29) is 0 Å². The number of nitrogens with zero attached hydrogens (tertiary/aromatic N) is 2. The van der Waals surface area contributed by atoms with E-state index in [0.717, 1.165) is 5.69 Å². The maximum atomic E-state index is 8.48. The highest BCUT2D eigenvalue weighted by Crippen LogP contribution is 2.00. The number of thiol groups is 1. The van der Waals surface area contributed by atoms with E-state index in [9.17, 15) is 0 Å². The molecule has 0 atom stereocenters. The van der Waals surface area contributed by atoms with E-state index >= 15 is 0 Å². The zero-order valence-corrected chi connectivity index (χ0v) is 7.33. The zero-order valence-electron chi connectivity index (χ0n) is 6.44. The van der Waals surface area contributed by atoms with Crippen molar-refractivity contribution < 1.29 is 0 Å². The second kappa shape index (κ2) is 4.58. The van der Waals surface area contributed by atoms with Crippen LogP contribution in [0.2, 0.25) is 0 Å². The third-order valence-electron chi connectivity index (χ3n) is 1.31. The van der Waals surface area contributed by atoms with E-state index in [4.69, 9.17) is 5.26 Å². The molecule has 0 fully saturated rings. The first kappa shape index (κ1) is 8.82. The minimum atomic E-state index is 0.582. The lowest BCUT2D eigenvalue weighted by Gasteiger charge is -1.90. The van der Waals surface area contributed by atoms with Crippen LogP contribution in [0.5, 0.6) is 0 Å². The Labute approximate surface area is 77.0 Å². The summed E-state index contributed by atoms with van der Waals surface area (Å²) in [5.41, 5.74) is 1.43. The number of hydrogen-bond donors (Lipinski definition) is 1. The lowest BCUT2D eigenvalue weighted by Crippen LogP contribution is -1.81. The molecule has 1 heterocycles. The van der Waals surface area contributed by atoms with Crippen LogP contribution in [0.3, 0.4) is 0 Å². The molecule has 1 aromatic rings. The van der Waals surface area contributed by atoms with Gasteiger partial charge in [-0.1, -0.05) is 6.08 Å². The molecule has 0 N–H and O–H groups in total. The van der Waals surface area contributed by atoms with Gasteiger partial charge < -0.3 is 0 Å². The largest absolute Gasteiger partial charge is 0.256 e. The maximum Gasteiger partial charge on any atom is 0.101 e. The highest BCUT2D eigenvalue weighted by molar-refractivity contribution is 7.80. The predicted molar refractivity (Wildman–Crippen MR) is 51.8 cm³/mol. The van der Waals surface area contributed by atoms with Crippen molar-refractivity contribution in [2.24, 2.45) is 0 Å². The summed E-state index contributed by atoms with van der Waals surface area (Å²) < 4.78 is 0. The Balaban J connectivity index is 2.80. The molecule has 0 saturated heterocycles. The summed E-state index contributed by atoms with van der Waals surface area (Å²) >= 11 is 4.02. The highest BCUT2D eigenvalue weighted by atomic mass is 32.1. The molecule has 3 heteroatoms. The van der Waals surface area contributed by atoms with Crippen molar-refractivity contribution in [1.82, 2.24) is 4.98 Å². The monoisotopic (exact) mass is 176 g/mol. The summed E-state index contributed by atoms with van der Waals surface area (Å²) in [7, 11) is 0. The first-order valence-electron chi connectivity index (χ1n) is 3.50. The molecule has 0 radical (unpaired) electrons. The fourth-order valence-corrected chi connectivity index (χ4v) is 0.849. The summed E-state index contributed by atoms with van der Waals surface area (Å²) in [6.45, 7) is 0. The van der Waals surface area contributed by atoms with Gasteiger partial charge in [-0.25, -0.2) is 0 Å². The topological polar surface area (TPSA) is 36.7 Å². The van der Waals surface area contributed by atoms with Crippen molar-refractivity contribution in [3.8, 4) is 6.07 Å². The van der Waals surface area contributed by atoms with Crippen molar-refractivity contribution in [3.05, 3.63) is 35.7 Å². The van der Waals surface area contributed by atoms with E-state index < -0.39 is 0 Å². The Hall–Kier alpha value is -1.27. The average molecular weight is 176 g/mol. The number of nitriles is 1. The predicted octanol–water partition coefficient (Wildman–Crippen LogP) is 1.90. The molecule has 0 bridgehead atoms. The van der Waals surface area contributed by atoms with Gasteiger partial charge in [-0.2, -0.15) is 17.9 Å². The molecule has 0 aromatic carbocycles. The first-order valence-corrected chi connectivity index (χ1v) is 4.13. The van der Waals surface area contributed by atoms with E-state index in [2.05, 4.69) is 17.6 Å². The first-order chi connectivity index (χ1) is 5.86. The van der Waals surface area contributed by atoms with Gasteiger partial charge in [0, 0.05) is 11.9 Å². The third-order valence-corrected chi connectivity index (χ3v) is 1.52. The normalized spacial score (nSPS) is 10.0. The van der Waals surface area contributed by atoms with Crippen LogP contribution >= 0.6 is 12.6 Å². The van der Waals surface area contributed by atoms with Crippen molar-refractivity contribution in [2.75, 3.05) is 5.75 Å². The summed E-state index contributed by atoms with van der Waals surface area (Å²) in [4.78, 5) is 4.04. The molecule has 1 aromatic heterocycles. The van der Waals surface area contributed by atoms with Gasteiger partial charge in [-0.05, 0) is 18.2 Å². The van der Waals surface area contributed by atoms with Crippen LogP contribution in [-0.4, -0.2) is 10.7 Å². The molecule has 0 aliphatic heterocycles. The Morgan fingerprint density at radius 1 is 1.58 bits per heavy atom. The number of pyridine rings is 1. The molecular weight excluding hydrogens is 168 g/mol. The summed E-state index contributed by atoms with van der Waals surface area (Å²) in [5, 5.41) is 8.48. The van der Waals surface area contributed by atoms with Gasteiger partial charge >= 0.3 is 0 Å². The third kappa shape index (κ3) is 2.40. The van der Waals surface area contributed by atoms with Gasteiger partial charge in [0.25, 0.3) is 0 Å². The molecule has 0 aliphatic carbocycles. The molecule has 0 aliphatic rings. The zero-order chi connectivity index (χ0) is 8.81. The van der Waals surface area contributed by atoms with E-state index in [1.165, 1.54) is 0 Å². The number of aromatic nitrogens is 1. The molecule has 0 amide bonds. The van der Waals surface area contributed by atoms with Crippen LogP contribution in [0.25, 0.3) is 6.08 Å². The van der Waals surface area contributed by atoms with Gasteiger partial charge in [0.1, 0.15) is 6.07 Å². The smallest absolute Gasteiger partial charge is 0.101 e. The lowest BCUT2D eigenvalue weighted by atomic mass is 10.2. The van der Waals surface area contributed by atoms with E-state index in [1.54, 1.807) is 18.3 Å². The molecule has 0 saturated carbocycles. The van der Waals surface area contributed by atoms with Crippen LogP contribution < -0.4 is 0 Å². The van der Waals surface area contributed by atoms with Crippen LogP contribution in [0, 0.1) is 11.3 Å². The van der Waals surface area contributed by atoms with Crippen molar-refractivity contribution in [3.63, 3.8) is 0 Å². The molecule has 1 rings (SSSR count). The van der Waals surface area contributed by atoms with Crippen LogP contribution in [0.4, 0.5) is 0 Å². The minimum absolute atomic E-state index is 0.582. The Bertz CT molecular complexity index is 308. The Kier molecular flexibility index (Phi) is 3.36. The van der Waals surface area contributed by atoms with Crippen LogP contribution in [0.15, 0.2) is 24.4 Å². The van der Waals surface area contributed by atoms with Crippen molar-refractivity contribution in [2.45, 2.75) is 0 Å². The molecule has 2 nitrogen and oxygen atoms in total.